The van der Waals surface area contributed by atoms with Crippen LogP contribution in [0.15, 0.2) is 42.5 Å². The number of nitriles is 1. The predicted molar refractivity (Wildman–Crippen MR) is 120 cm³/mol. The minimum Gasteiger partial charge on any atom is -0.495 e. The largest absolute Gasteiger partial charge is 0.495 e. The van der Waals surface area contributed by atoms with Gasteiger partial charge in [-0.2, -0.15) is 5.26 Å². The molecule has 2 aromatic carbocycles. The number of aliphatic hydroxyl groups is 1. The van der Waals surface area contributed by atoms with Crippen LogP contribution in [0.2, 0.25) is 10.2 Å². The van der Waals surface area contributed by atoms with E-state index in [9.17, 15) is 10.4 Å². The number of piperidine rings is 1. The van der Waals surface area contributed by atoms with E-state index in [0.717, 1.165) is 16.3 Å². The van der Waals surface area contributed by atoms with Gasteiger partial charge in [0.15, 0.2) is 11.0 Å². The van der Waals surface area contributed by atoms with Gasteiger partial charge in [-0.25, -0.2) is 0 Å². The molecule has 3 aromatic rings. The van der Waals surface area contributed by atoms with Crippen molar-refractivity contribution in [2.24, 2.45) is 0 Å². The number of aromatic nitrogens is 2. The van der Waals surface area contributed by atoms with Gasteiger partial charge in [-0.3, -0.25) is 5.32 Å². The third kappa shape index (κ3) is 4.39. The summed E-state index contributed by atoms with van der Waals surface area (Å²) in [6.07, 6.45) is 0.625. The van der Waals surface area contributed by atoms with Gasteiger partial charge in [0, 0.05) is 36.7 Å². The summed E-state index contributed by atoms with van der Waals surface area (Å²) in [7, 11) is 1.56. The summed E-state index contributed by atoms with van der Waals surface area (Å²) in [5.74, 6) is 1.19. The second-order valence-corrected chi connectivity index (χ2v) is 8.27. The number of rotatable bonds is 5. The molecule has 0 amide bonds. The molecule has 2 unspecified atom stereocenters. The number of nitrogens with one attached hydrogen (secondary N) is 1. The highest BCUT2D eigenvalue weighted by Crippen LogP contribution is 2.34. The second kappa shape index (κ2) is 8.85. The van der Waals surface area contributed by atoms with Crippen molar-refractivity contribution in [3.05, 3.63) is 58.2 Å². The van der Waals surface area contributed by atoms with Gasteiger partial charge >= 0.3 is 0 Å². The van der Waals surface area contributed by atoms with E-state index in [1.807, 2.05) is 35.2 Å². The Bertz CT molecular complexity index is 1150. The van der Waals surface area contributed by atoms with Gasteiger partial charge in [0.25, 0.3) is 0 Å². The van der Waals surface area contributed by atoms with Crippen molar-refractivity contribution in [3.63, 3.8) is 0 Å². The van der Waals surface area contributed by atoms with Crippen LogP contribution >= 0.6 is 23.2 Å². The summed E-state index contributed by atoms with van der Waals surface area (Å²) >= 11 is 12.4. The number of nitrogens with zero attached hydrogens (tertiary/aromatic N) is 4. The third-order valence-corrected chi connectivity index (χ3v) is 6.13. The maximum atomic E-state index is 11.1. The Balaban J connectivity index is 1.52. The van der Waals surface area contributed by atoms with E-state index in [0.29, 0.717) is 41.3 Å². The number of halogens is 2. The average Bonchev–Trinajstić information content (AvgIpc) is 2.79. The molecule has 2 heterocycles. The molecular weight excluding hydrogens is 437 g/mol. The molecule has 0 spiro atoms. The van der Waals surface area contributed by atoms with Crippen molar-refractivity contribution in [3.8, 4) is 11.8 Å². The number of fused-ring (bicyclic) bond motifs is 1. The first-order chi connectivity index (χ1) is 14.9. The molecule has 2 atom stereocenters. The molecule has 0 aliphatic carbocycles. The lowest BCUT2D eigenvalue weighted by atomic mass is 9.93. The zero-order chi connectivity index (χ0) is 22.0. The summed E-state index contributed by atoms with van der Waals surface area (Å²) in [5, 5.41) is 34.9. The Morgan fingerprint density at radius 3 is 2.74 bits per heavy atom. The summed E-state index contributed by atoms with van der Waals surface area (Å²) in [5.41, 5.74) is -0.288. The van der Waals surface area contributed by atoms with Crippen molar-refractivity contribution in [1.82, 2.24) is 15.5 Å². The molecule has 9 heteroatoms. The van der Waals surface area contributed by atoms with Gasteiger partial charge in [0.1, 0.15) is 17.5 Å². The van der Waals surface area contributed by atoms with E-state index in [1.54, 1.807) is 19.2 Å². The van der Waals surface area contributed by atoms with E-state index < -0.39 is 11.8 Å². The van der Waals surface area contributed by atoms with E-state index in [2.05, 4.69) is 21.6 Å². The Hall–Kier alpha value is -2.63. The van der Waals surface area contributed by atoms with Crippen molar-refractivity contribution in [1.29, 1.82) is 5.26 Å². The standard InChI is InChI=1S/C22H21Cl2N5O2/c1-31-19-7-6-14(10-18(19)23)13-26-22(30)8-9-29(15(11-22)12-25)21-17-5-3-2-4-16(17)20(24)27-28-21/h2-7,10,15,26,30H,8-9,11,13H2,1H3. The SMILES string of the molecule is COc1ccc(CNC2(O)CCN(c3nnc(Cl)c4ccccc34)C(C#N)C2)cc1Cl. The monoisotopic (exact) mass is 457 g/mol. The Labute approximate surface area is 190 Å². The first kappa shape index (κ1) is 21.6. The fourth-order valence-corrected chi connectivity index (χ4v) is 4.36. The van der Waals surface area contributed by atoms with Crippen LogP contribution in [0, 0.1) is 11.3 Å². The molecule has 2 N–H and O–H groups in total. The molecule has 1 aromatic heterocycles. The lowest BCUT2D eigenvalue weighted by molar-refractivity contribution is -0.0247. The Morgan fingerprint density at radius 1 is 1.26 bits per heavy atom. The van der Waals surface area contributed by atoms with Crippen LogP contribution in [0.5, 0.6) is 5.75 Å². The minimum atomic E-state index is -1.20. The highest BCUT2D eigenvalue weighted by atomic mass is 35.5. The van der Waals surface area contributed by atoms with Crippen LogP contribution in [-0.2, 0) is 6.54 Å². The van der Waals surface area contributed by atoms with Gasteiger partial charge < -0.3 is 14.7 Å². The first-order valence-electron chi connectivity index (χ1n) is 9.81. The lowest BCUT2D eigenvalue weighted by Gasteiger charge is -2.42. The maximum Gasteiger partial charge on any atom is 0.160 e. The summed E-state index contributed by atoms with van der Waals surface area (Å²) in [4.78, 5) is 1.88. The van der Waals surface area contributed by atoms with Crippen molar-refractivity contribution >= 4 is 39.8 Å². The minimum absolute atomic E-state index is 0.214. The highest BCUT2D eigenvalue weighted by Gasteiger charge is 2.39. The van der Waals surface area contributed by atoms with Crippen molar-refractivity contribution in [2.75, 3.05) is 18.6 Å². The smallest absolute Gasteiger partial charge is 0.160 e. The maximum absolute atomic E-state index is 11.1. The summed E-state index contributed by atoms with van der Waals surface area (Å²) < 4.78 is 5.17. The van der Waals surface area contributed by atoms with Crippen LogP contribution in [0.1, 0.15) is 18.4 Å². The molecule has 0 bridgehead atoms. The fraction of sp³-hybridized carbons (Fsp3) is 0.318. The van der Waals surface area contributed by atoms with Gasteiger partial charge in [-0.1, -0.05) is 53.5 Å². The first-order valence-corrected chi connectivity index (χ1v) is 10.6. The summed E-state index contributed by atoms with van der Waals surface area (Å²) in [6, 6.07) is 14.7. The molecule has 0 radical (unpaired) electrons. The van der Waals surface area contributed by atoms with Gasteiger partial charge in [-0.05, 0) is 17.7 Å². The number of hydrogen-bond donors (Lipinski definition) is 2. The van der Waals surface area contributed by atoms with Gasteiger partial charge in [-0.15, -0.1) is 10.2 Å². The molecule has 1 aliphatic rings. The van der Waals surface area contributed by atoms with E-state index in [4.69, 9.17) is 27.9 Å². The molecule has 160 valence electrons. The van der Waals surface area contributed by atoms with Crippen LogP contribution < -0.4 is 15.0 Å². The van der Waals surface area contributed by atoms with Crippen LogP contribution in [0.25, 0.3) is 10.8 Å². The van der Waals surface area contributed by atoms with Crippen LogP contribution in [0.3, 0.4) is 0 Å². The Kier molecular flexibility index (Phi) is 6.17. The molecule has 1 aliphatic heterocycles. The van der Waals surface area contributed by atoms with Gasteiger partial charge in [0.2, 0.25) is 0 Å². The van der Waals surface area contributed by atoms with Crippen molar-refractivity contribution in [2.45, 2.75) is 31.2 Å². The lowest BCUT2D eigenvalue weighted by Crippen LogP contribution is -2.57. The second-order valence-electron chi connectivity index (χ2n) is 7.51. The molecule has 1 saturated heterocycles. The van der Waals surface area contributed by atoms with E-state index in [1.165, 1.54) is 0 Å². The number of methoxy groups -OCH3 is 1. The topological polar surface area (TPSA) is 94.3 Å². The zero-order valence-corrected chi connectivity index (χ0v) is 18.4. The number of anilines is 1. The average molecular weight is 458 g/mol. The zero-order valence-electron chi connectivity index (χ0n) is 16.8. The van der Waals surface area contributed by atoms with Gasteiger partial charge in [0.05, 0.1) is 18.2 Å². The molecule has 31 heavy (non-hydrogen) atoms. The Morgan fingerprint density at radius 2 is 2.03 bits per heavy atom. The number of benzene rings is 2. The third-order valence-electron chi connectivity index (χ3n) is 5.56. The molecule has 0 saturated carbocycles. The van der Waals surface area contributed by atoms with E-state index in [-0.39, 0.29) is 6.42 Å². The molecule has 7 nitrogen and oxygen atoms in total. The number of hydrogen-bond acceptors (Lipinski definition) is 7. The highest BCUT2D eigenvalue weighted by molar-refractivity contribution is 6.34. The van der Waals surface area contributed by atoms with Crippen molar-refractivity contribution < 1.29 is 9.84 Å². The fourth-order valence-electron chi connectivity index (χ4n) is 3.88. The quantitative estimate of drug-likeness (QED) is 0.560. The molecular formula is C22H21Cl2N5O2. The number of ether oxygens (including phenoxy) is 1. The summed E-state index contributed by atoms with van der Waals surface area (Å²) in [6.45, 7) is 0.841. The van der Waals surface area contributed by atoms with Crippen LogP contribution in [0.4, 0.5) is 5.82 Å². The molecule has 1 fully saturated rings. The normalized spacial score (nSPS) is 21.1. The predicted octanol–water partition coefficient (Wildman–Crippen LogP) is 3.92. The molecule has 4 rings (SSSR count). The van der Waals surface area contributed by atoms with Crippen LogP contribution in [-0.4, -0.2) is 40.7 Å². The van der Waals surface area contributed by atoms with E-state index >= 15 is 0 Å².